The van der Waals surface area contributed by atoms with Gasteiger partial charge in [-0.15, -0.1) is 0 Å². The number of carbonyl (C=O) groups excluding carboxylic acids is 1. The van der Waals surface area contributed by atoms with E-state index in [1.165, 1.54) is 0 Å². The summed E-state index contributed by atoms with van der Waals surface area (Å²) >= 11 is 0. The molecule has 0 radical (unpaired) electrons. The third-order valence-corrected chi connectivity index (χ3v) is 5.77. The molecule has 1 saturated heterocycles. The van der Waals surface area contributed by atoms with Crippen LogP contribution in [-0.2, 0) is 6.54 Å². The molecule has 1 aliphatic rings. The molecule has 1 N–H and O–H groups in total. The third kappa shape index (κ3) is 4.01. The molecule has 3 aromatic heterocycles. The average molecular weight is 416 g/mol. The van der Waals surface area contributed by atoms with Crippen LogP contribution in [0.4, 0.5) is 4.79 Å². The van der Waals surface area contributed by atoms with Crippen molar-refractivity contribution >= 4 is 17.1 Å². The molecule has 31 heavy (non-hydrogen) atoms. The maximum atomic E-state index is 12.7. The molecule has 1 aromatic carbocycles. The van der Waals surface area contributed by atoms with Gasteiger partial charge >= 0.3 is 6.03 Å². The fourth-order valence-electron chi connectivity index (χ4n) is 4.01. The van der Waals surface area contributed by atoms with Crippen molar-refractivity contribution in [2.24, 2.45) is 0 Å². The van der Waals surface area contributed by atoms with Crippen LogP contribution in [0.15, 0.2) is 59.4 Å². The number of aromatic nitrogens is 4. The van der Waals surface area contributed by atoms with E-state index in [0.29, 0.717) is 19.6 Å². The number of carbonyl (C=O) groups is 1. The molecule has 8 heteroatoms. The number of rotatable bonds is 4. The Morgan fingerprint density at radius 1 is 1.16 bits per heavy atom. The van der Waals surface area contributed by atoms with E-state index in [4.69, 9.17) is 4.42 Å². The molecule has 4 aromatic rings. The van der Waals surface area contributed by atoms with E-state index >= 15 is 0 Å². The number of hydrogen-bond donors (Lipinski definition) is 1. The molecule has 2 amide bonds. The Labute approximate surface area is 179 Å². The first kappa shape index (κ1) is 19.3. The lowest BCUT2D eigenvalue weighted by Crippen LogP contribution is -2.43. The van der Waals surface area contributed by atoms with Crippen LogP contribution in [0.3, 0.4) is 0 Å². The first-order valence-corrected chi connectivity index (χ1v) is 10.5. The molecule has 0 atom stereocenters. The summed E-state index contributed by atoms with van der Waals surface area (Å²) in [6, 6.07) is 11.6. The van der Waals surface area contributed by atoms with Gasteiger partial charge in [-0.3, -0.25) is 4.57 Å². The number of amides is 2. The van der Waals surface area contributed by atoms with Crippen molar-refractivity contribution in [3.8, 4) is 5.82 Å². The molecule has 5 rings (SSSR count). The maximum Gasteiger partial charge on any atom is 0.317 e. The second-order valence-corrected chi connectivity index (χ2v) is 7.81. The number of benzene rings is 1. The number of hydrogen-bond acceptors (Lipinski definition) is 5. The highest BCUT2D eigenvalue weighted by atomic mass is 16.3. The van der Waals surface area contributed by atoms with Gasteiger partial charge in [-0.25, -0.2) is 19.7 Å². The van der Waals surface area contributed by atoms with Gasteiger partial charge < -0.3 is 14.6 Å². The first-order chi connectivity index (χ1) is 15.2. The summed E-state index contributed by atoms with van der Waals surface area (Å²) in [6.07, 6.45) is 7.07. The van der Waals surface area contributed by atoms with Crippen molar-refractivity contribution in [3.63, 3.8) is 0 Å². The monoisotopic (exact) mass is 416 g/mol. The summed E-state index contributed by atoms with van der Waals surface area (Å²) in [5.41, 5.74) is 2.70. The van der Waals surface area contributed by atoms with Crippen molar-refractivity contribution < 1.29 is 9.21 Å². The highest BCUT2D eigenvalue weighted by Gasteiger charge is 2.27. The number of nitrogens with one attached hydrogen (secondary N) is 1. The van der Waals surface area contributed by atoms with E-state index in [-0.39, 0.29) is 11.9 Å². The van der Waals surface area contributed by atoms with Crippen LogP contribution >= 0.6 is 0 Å². The third-order valence-electron chi connectivity index (χ3n) is 5.77. The summed E-state index contributed by atoms with van der Waals surface area (Å²) in [5, 5.41) is 3.03. The lowest BCUT2D eigenvalue weighted by Gasteiger charge is -2.30. The largest absolute Gasteiger partial charge is 0.440 e. The van der Waals surface area contributed by atoms with Gasteiger partial charge in [-0.1, -0.05) is 12.1 Å². The molecule has 8 nitrogen and oxygen atoms in total. The Balaban J connectivity index is 1.16. The lowest BCUT2D eigenvalue weighted by atomic mass is 9.97. The van der Waals surface area contributed by atoms with Crippen LogP contribution in [0.2, 0.25) is 0 Å². The topological polar surface area (TPSA) is 89.1 Å². The van der Waals surface area contributed by atoms with E-state index < -0.39 is 0 Å². The molecule has 0 spiro atoms. The Bertz CT molecular complexity index is 1170. The Kier molecular flexibility index (Phi) is 5.11. The number of piperidine rings is 1. The zero-order chi connectivity index (χ0) is 21.2. The number of likely N-dealkylation sites (tertiary alicyclic amines) is 1. The van der Waals surface area contributed by atoms with E-state index in [0.717, 1.165) is 47.0 Å². The SMILES string of the molecule is Cc1nccn1-c1cc(CNC(=O)N2CCC(c3nc4ccccc4o3)CC2)ccn1. The molecule has 1 aliphatic heterocycles. The van der Waals surface area contributed by atoms with Crippen LogP contribution in [0.5, 0.6) is 0 Å². The molecule has 4 heterocycles. The van der Waals surface area contributed by atoms with Gasteiger partial charge in [0.15, 0.2) is 11.5 Å². The van der Waals surface area contributed by atoms with Crippen LogP contribution in [0, 0.1) is 6.92 Å². The molecule has 0 aliphatic carbocycles. The molecular formula is C23H24N6O2. The highest BCUT2D eigenvalue weighted by molar-refractivity contribution is 5.74. The number of aryl methyl sites for hydroxylation is 1. The smallest absolute Gasteiger partial charge is 0.317 e. The average Bonchev–Trinajstić information content (AvgIpc) is 3.44. The Morgan fingerprint density at radius 2 is 2.00 bits per heavy atom. The van der Waals surface area contributed by atoms with E-state index in [1.807, 2.05) is 59.0 Å². The van der Waals surface area contributed by atoms with Crippen molar-refractivity contribution in [2.75, 3.05) is 13.1 Å². The number of oxazole rings is 1. The van der Waals surface area contributed by atoms with E-state index in [1.54, 1.807) is 12.4 Å². The van der Waals surface area contributed by atoms with Gasteiger partial charge in [-0.2, -0.15) is 0 Å². The molecule has 158 valence electrons. The quantitative estimate of drug-likeness (QED) is 0.547. The summed E-state index contributed by atoms with van der Waals surface area (Å²) in [5.74, 6) is 2.69. The van der Waals surface area contributed by atoms with E-state index in [9.17, 15) is 4.79 Å². The first-order valence-electron chi connectivity index (χ1n) is 10.5. The van der Waals surface area contributed by atoms with Gasteiger partial charge in [0.25, 0.3) is 0 Å². The highest BCUT2D eigenvalue weighted by Crippen LogP contribution is 2.29. The van der Waals surface area contributed by atoms with Crippen molar-refractivity contribution in [1.82, 2.24) is 29.7 Å². The summed E-state index contributed by atoms with van der Waals surface area (Å²) < 4.78 is 7.84. The number of urea groups is 1. The van der Waals surface area contributed by atoms with Crippen molar-refractivity contribution in [3.05, 3.63) is 72.3 Å². The van der Waals surface area contributed by atoms with Gasteiger partial charge in [0.2, 0.25) is 0 Å². The van der Waals surface area contributed by atoms with E-state index in [2.05, 4.69) is 20.3 Å². The van der Waals surface area contributed by atoms with Crippen LogP contribution in [-0.4, -0.2) is 43.5 Å². The fourth-order valence-corrected chi connectivity index (χ4v) is 4.01. The standard InChI is InChI=1S/C23H24N6O2/c1-16-24-10-13-29(16)21-14-17(6-9-25-21)15-26-23(30)28-11-7-18(8-12-28)22-27-19-4-2-3-5-20(19)31-22/h2-6,9-10,13-14,18H,7-8,11-12,15H2,1H3,(H,26,30). The van der Waals surface area contributed by atoms with Gasteiger partial charge in [-0.05, 0) is 49.6 Å². The molecule has 0 saturated carbocycles. The predicted molar refractivity (Wildman–Crippen MR) is 116 cm³/mol. The zero-order valence-electron chi connectivity index (χ0n) is 17.4. The van der Waals surface area contributed by atoms with Crippen LogP contribution < -0.4 is 5.32 Å². The van der Waals surface area contributed by atoms with Crippen LogP contribution in [0.25, 0.3) is 16.9 Å². The number of imidazole rings is 1. The molecule has 0 unspecified atom stereocenters. The lowest BCUT2D eigenvalue weighted by molar-refractivity contribution is 0.177. The molecule has 0 bridgehead atoms. The molecular weight excluding hydrogens is 392 g/mol. The minimum Gasteiger partial charge on any atom is -0.440 e. The predicted octanol–water partition coefficient (Wildman–Crippen LogP) is 3.81. The Hall–Kier alpha value is -3.68. The number of nitrogens with zero attached hydrogens (tertiary/aromatic N) is 5. The number of para-hydroxylation sites is 2. The normalized spacial score (nSPS) is 14.8. The van der Waals surface area contributed by atoms with Crippen molar-refractivity contribution in [1.29, 1.82) is 0 Å². The number of fused-ring (bicyclic) bond motifs is 1. The van der Waals surface area contributed by atoms with Crippen molar-refractivity contribution in [2.45, 2.75) is 32.2 Å². The molecule has 1 fully saturated rings. The second kappa shape index (κ2) is 8.22. The summed E-state index contributed by atoms with van der Waals surface area (Å²) in [6.45, 7) is 3.75. The van der Waals surface area contributed by atoms with Gasteiger partial charge in [0.1, 0.15) is 17.2 Å². The van der Waals surface area contributed by atoms with Crippen LogP contribution in [0.1, 0.15) is 36.0 Å². The summed E-state index contributed by atoms with van der Waals surface area (Å²) in [4.78, 5) is 27.8. The summed E-state index contributed by atoms with van der Waals surface area (Å²) in [7, 11) is 0. The minimum atomic E-state index is -0.0480. The minimum absolute atomic E-state index is 0.0480. The second-order valence-electron chi connectivity index (χ2n) is 7.81. The maximum absolute atomic E-state index is 12.7. The van der Waals surface area contributed by atoms with Gasteiger partial charge in [0.05, 0.1) is 0 Å². The van der Waals surface area contributed by atoms with Gasteiger partial charge in [0, 0.05) is 44.1 Å². The zero-order valence-corrected chi connectivity index (χ0v) is 17.4. The number of pyridine rings is 1. The fraction of sp³-hybridized carbons (Fsp3) is 0.304. The Morgan fingerprint density at radius 3 is 2.77 bits per heavy atom.